The summed E-state index contributed by atoms with van der Waals surface area (Å²) in [6.07, 6.45) is 3.40. The van der Waals surface area contributed by atoms with Gasteiger partial charge < -0.3 is 14.2 Å². The van der Waals surface area contributed by atoms with Gasteiger partial charge in [-0.3, -0.25) is 4.79 Å². The molecule has 0 amide bonds. The summed E-state index contributed by atoms with van der Waals surface area (Å²) in [4.78, 5) is 12.0. The van der Waals surface area contributed by atoms with Gasteiger partial charge in [0, 0.05) is 5.92 Å². The first-order valence-corrected chi connectivity index (χ1v) is 9.68. The van der Waals surface area contributed by atoms with Gasteiger partial charge >= 0.3 is 5.97 Å². The van der Waals surface area contributed by atoms with Crippen molar-refractivity contribution in [3.8, 4) is 0 Å². The lowest BCUT2D eigenvalue weighted by atomic mass is 9.90. The van der Waals surface area contributed by atoms with Gasteiger partial charge in [-0.2, -0.15) is 0 Å². The Morgan fingerprint density at radius 1 is 1.25 bits per heavy atom. The van der Waals surface area contributed by atoms with Gasteiger partial charge in [0.1, 0.15) is 0 Å². The molecule has 4 heteroatoms. The molecule has 0 N–H and O–H groups in total. The Bertz CT molecular complexity index is 437. The van der Waals surface area contributed by atoms with Crippen LogP contribution in [-0.4, -0.2) is 31.1 Å². The van der Waals surface area contributed by atoms with Crippen LogP contribution in [0.4, 0.5) is 0 Å². The van der Waals surface area contributed by atoms with Crippen molar-refractivity contribution >= 4 is 5.97 Å². The van der Waals surface area contributed by atoms with Gasteiger partial charge in [-0.1, -0.05) is 27.7 Å². The minimum absolute atomic E-state index is 0.0341. The van der Waals surface area contributed by atoms with Crippen molar-refractivity contribution in [3.05, 3.63) is 0 Å². The minimum Gasteiger partial charge on any atom is -0.466 e. The molecule has 0 radical (unpaired) electrons. The summed E-state index contributed by atoms with van der Waals surface area (Å²) in [6, 6.07) is 0. The fourth-order valence-electron chi connectivity index (χ4n) is 4.23. The topological polar surface area (TPSA) is 44.8 Å². The molecule has 0 spiro atoms. The number of hydrogen-bond donors (Lipinski definition) is 0. The molecule has 24 heavy (non-hydrogen) atoms. The zero-order chi connectivity index (χ0) is 18.1. The highest BCUT2D eigenvalue weighted by Crippen LogP contribution is 2.61. The van der Waals surface area contributed by atoms with Crippen LogP contribution >= 0.6 is 0 Å². The fraction of sp³-hybridized carbons (Fsp3) is 0.950. The molecule has 0 aromatic heterocycles. The van der Waals surface area contributed by atoms with Crippen molar-refractivity contribution in [2.24, 2.45) is 29.1 Å². The van der Waals surface area contributed by atoms with E-state index in [0.29, 0.717) is 24.4 Å². The van der Waals surface area contributed by atoms with Crippen LogP contribution < -0.4 is 0 Å². The number of esters is 1. The first-order chi connectivity index (χ1) is 11.2. The highest BCUT2D eigenvalue weighted by atomic mass is 16.7. The maximum absolute atomic E-state index is 12.0. The van der Waals surface area contributed by atoms with Crippen LogP contribution in [0.25, 0.3) is 0 Å². The maximum atomic E-state index is 12.0. The lowest BCUT2D eigenvalue weighted by Gasteiger charge is -2.38. The van der Waals surface area contributed by atoms with E-state index in [2.05, 4.69) is 41.5 Å². The quantitative estimate of drug-likeness (QED) is 0.644. The monoisotopic (exact) mass is 340 g/mol. The van der Waals surface area contributed by atoms with Crippen LogP contribution in [0.3, 0.4) is 0 Å². The van der Waals surface area contributed by atoms with Crippen molar-refractivity contribution in [1.82, 2.24) is 0 Å². The molecule has 4 nitrogen and oxygen atoms in total. The Labute approximate surface area is 147 Å². The molecule has 2 rings (SSSR count). The third-order valence-electron chi connectivity index (χ3n) is 6.50. The molecule has 0 aromatic carbocycles. The molecule has 1 aliphatic heterocycles. The van der Waals surface area contributed by atoms with E-state index < -0.39 is 0 Å². The smallest absolute Gasteiger partial charge is 0.309 e. The summed E-state index contributed by atoms with van der Waals surface area (Å²) in [7, 11) is 0. The summed E-state index contributed by atoms with van der Waals surface area (Å²) in [6.45, 7) is 15.4. The lowest BCUT2D eigenvalue weighted by Crippen LogP contribution is -2.40. The van der Waals surface area contributed by atoms with E-state index in [1.165, 1.54) is 0 Å². The van der Waals surface area contributed by atoms with Gasteiger partial charge in [0.15, 0.2) is 6.29 Å². The summed E-state index contributed by atoms with van der Waals surface area (Å²) in [5.41, 5.74) is 0.0602. The molecule has 1 unspecified atom stereocenters. The van der Waals surface area contributed by atoms with Crippen molar-refractivity contribution < 1.29 is 19.0 Å². The number of ether oxygens (including phenoxy) is 3. The van der Waals surface area contributed by atoms with E-state index in [0.717, 1.165) is 19.3 Å². The molecule has 1 saturated heterocycles. The zero-order valence-electron chi connectivity index (χ0n) is 16.5. The van der Waals surface area contributed by atoms with Crippen LogP contribution in [0.5, 0.6) is 0 Å². The van der Waals surface area contributed by atoms with Gasteiger partial charge in [0.25, 0.3) is 0 Å². The Hall–Kier alpha value is -0.610. The second-order valence-electron chi connectivity index (χ2n) is 8.41. The SMILES string of the molecule is CCOC(=O)[C@@H]1C(C)[C@]1(C)CC[C@@H](C)O[C@@H]1O[C@@H](C)[C@H](C)C[C@H]1C. The van der Waals surface area contributed by atoms with Crippen LogP contribution in [0.1, 0.15) is 67.7 Å². The summed E-state index contributed by atoms with van der Waals surface area (Å²) in [5.74, 6) is 1.44. The van der Waals surface area contributed by atoms with E-state index in [1.54, 1.807) is 0 Å². The summed E-state index contributed by atoms with van der Waals surface area (Å²) < 4.78 is 17.4. The molecule has 2 fully saturated rings. The molecule has 140 valence electrons. The number of hydrogen-bond acceptors (Lipinski definition) is 4. The first kappa shape index (κ1) is 19.7. The van der Waals surface area contributed by atoms with Crippen LogP contribution in [0, 0.1) is 29.1 Å². The molecule has 0 aromatic rings. The molecule has 1 saturated carbocycles. The predicted octanol–water partition coefficient (Wildman–Crippen LogP) is 4.41. The highest BCUT2D eigenvalue weighted by Gasteiger charge is 2.62. The Kier molecular flexibility index (Phi) is 6.35. The van der Waals surface area contributed by atoms with Gasteiger partial charge in [-0.15, -0.1) is 0 Å². The third-order valence-corrected chi connectivity index (χ3v) is 6.50. The van der Waals surface area contributed by atoms with Gasteiger partial charge in [-0.25, -0.2) is 0 Å². The third kappa shape index (κ3) is 4.13. The zero-order valence-corrected chi connectivity index (χ0v) is 16.5. The van der Waals surface area contributed by atoms with Crippen LogP contribution in [0.15, 0.2) is 0 Å². The molecule has 0 bridgehead atoms. The Morgan fingerprint density at radius 2 is 1.92 bits per heavy atom. The normalized spacial score (nSPS) is 43.3. The Morgan fingerprint density at radius 3 is 2.54 bits per heavy atom. The molecule has 1 heterocycles. The van der Waals surface area contributed by atoms with E-state index in [-0.39, 0.29) is 35.8 Å². The summed E-state index contributed by atoms with van der Waals surface area (Å²) >= 11 is 0. The number of carbonyl (C=O) groups is 1. The lowest BCUT2D eigenvalue weighted by molar-refractivity contribution is -0.244. The maximum Gasteiger partial charge on any atom is 0.309 e. The average Bonchev–Trinajstić information content (AvgIpc) is 3.05. The molecular weight excluding hydrogens is 304 g/mol. The number of rotatable bonds is 7. The van der Waals surface area contributed by atoms with E-state index in [9.17, 15) is 4.79 Å². The fourth-order valence-corrected chi connectivity index (χ4v) is 4.23. The molecule has 1 aliphatic carbocycles. The van der Waals surface area contributed by atoms with E-state index in [4.69, 9.17) is 14.2 Å². The molecule has 2 aliphatic rings. The van der Waals surface area contributed by atoms with Gasteiger partial charge in [0.05, 0.1) is 24.7 Å². The van der Waals surface area contributed by atoms with Gasteiger partial charge in [0.2, 0.25) is 0 Å². The summed E-state index contributed by atoms with van der Waals surface area (Å²) in [5, 5.41) is 0. The first-order valence-electron chi connectivity index (χ1n) is 9.68. The second-order valence-corrected chi connectivity index (χ2v) is 8.41. The van der Waals surface area contributed by atoms with Crippen molar-refractivity contribution in [2.45, 2.75) is 86.2 Å². The largest absolute Gasteiger partial charge is 0.466 e. The second kappa shape index (κ2) is 7.74. The van der Waals surface area contributed by atoms with Gasteiger partial charge in [-0.05, 0) is 57.3 Å². The number of carbonyl (C=O) groups excluding carboxylic acids is 1. The van der Waals surface area contributed by atoms with E-state index in [1.807, 2.05) is 6.92 Å². The molecule has 8 atom stereocenters. The van der Waals surface area contributed by atoms with Crippen molar-refractivity contribution in [1.29, 1.82) is 0 Å². The average molecular weight is 341 g/mol. The van der Waals surface area contributed by atoms with Crippen LogP contribution in [0.2, 0.25) is 0 Å². The standard InChI is InChI=1S/C20H36O4/c1-8-22-18(21)17-15(5)20(17,7)10-9-14(4)23-19-13(3)11-12(2)16(6)24-19/h12-17,19H,8-11H2,1-7H3/t12-,13-,14-,15?,16+,17+,19-,20+/m1/s1. The minimum atomic E-state index is -0.100. The predicted molar refractivity (Wildman–Crippen MR) is 94.5 cm³/mol. The van der Waals surface area contributed by atoms with E-state index >= 15 is 0 Å². The molecular formula is C20H36O4. The van der Waals surface area contributed by atoms with Crippen molar-refractivity contribution in [3.63, 3.8) is 0 Å². The highest BCUT2D eigenvalue weighted by molar-refractivity contribution is 5.77. The van der Waals surface area contributed by atoms with Crippen LogP contribution in [-0.2, 0) is 19.0 Å². The Balaban J connectivity index is 1.79. The van der Waals surface area contributed by atoms with Crippen molar-refractivity contribution in [2.75, 3.05) is 6.61 Å².